The SMILES string of the molecule is CCCCCCCCCCCCS(=O)(=O)S.[KH]. The Balaban J connectivity index is 0. The molecule has 0 heterocycles. The summed E-state index contributed by atoms with van der Waals surface area (Å²) in [6, 6.07) is 0. The summed E-state index contributed by atoms with van der Waals surface area (Å²) in [5.74, 6) is 0.229. The fourth-order valence-corrected chi connectivity index (χ4v) is 2.73. The van der Waals surface area contributed by atoms with Gasteiger partial charge in [-0.25, -0.2) is 8.42 Å². The average molecular weight is 307 g/mol. The molecule has 0 rings (SSSR count). The molecule has 2 nitrogen and oxygen atoms in total. The van der Waals surface area contributed by atoms with Gasteiger partial charge in [0.1, 0.15) is 0 Å². The van der Waals surface area contributed by atoms with E-state index < -0.39 is 8.87 Å². The van der Waals surface area contributed by atoms with Crippen LogP contribution in [0.3, 0.4) is 0 Å². The molecule has 0 saturated carbocycles. The molecule has 0 bridgehead atoms. The second-order valence-corrected chi connectivity index (χ2v) is 7.71. The van der Waals surface area contributed by atoms with Gasteiger partial charge in [-0.05, 0) is 18.1 Å². The van der Waals surface area contributed by atoms with Crippen molar-refractivity contribution in [1.29, 1.82) is 0 Å². The fourth-order valence-electron chi connectivity index (χ4n) is 1.77. The van der Waals surface area contributed by atoms with Gasteiger partial charge < -0.3 is 0 Å². The summed E-state index contributed by atoms with van der Waals surface area (Å²) >= 11 is 3.52. The van der Waals surface area contributed by atoms with E-state index in [4.69, 9.17) is 0 Å². The summed E-state index contributed by atoms with van der Waals surface area (Å²) in [6.07, 6.45) is 12.2. The monoisotopic (exact) mass is 306 g/mol. The first kappa shape index (κ1) is 21.2. The maximum absolute atomic E-state index is 10.7. The molecule has 0 aliphatic rings. The van der Waals surface area contributed by atoms with Gasteiger partial charge in [0, 0.05) is 0 Å². The van der Waals surface area contributed by atoms with Gasteiger partial charge in [0.25, 0.3) is 0 Å². The van der Waals surface area contributed by atoms with Gasteiger partial charge in [0.05, 0.1) is 5.75 Å². The topological polar surface area (TPSA) is 34.1 Å². The molecule has 0 aromatic carbocycles. The van der Waals surface area contributed by atoms with Gasteiger partial charge in [-0.2, -0.15) is 0 Å². The Hall–Kier alpha value is 1.94. The quantitative estimate of drug-likeness (QED) is 0.274. The Morgan fingerprint density at radius 2 is 1.12 bits per heavy atom. The van der Waals surface area contributed by atoms with Crippen LogP contribution in [0.2, 0.25) is 0 Å². The first-order valence-electron chi connectivity index (χ1n) is 6.51. The van der Waals surface area contributed by atoms with E-state index in [2.05, 4.69) is 18.6 Å². The third-order valence-electron chi connectivity index (χ3n) is 2.76. The molecule has 17 heavy (non-hydrogen) atoms. The van der Waals surface area contributed by atoms with Crippen molar-refractivity contribution in [3.8, 4) is 0 Å². The minimum atomic E-state index is -3.04. The van der Waals surface area contributed by atoms with Gasteiger partial charge >= 0.3 is 51.4 Å². The predicted octanol–water partition coefficient (Wildman–Crippen LogP) is 3.52. The van der Waals surface area contributed by atoms with Crippen molar-refractivity contribution in [2.24, 2.45) is 0 Å². The Morgan fingerprint density at radius 3 is 1.47 bits per heavy atom. The number of hydrogen-bond acceptors (Lipinski definition) is 2. The van der Waals surface area contributed by atoms with Crippen molar-refractivity contribution in [3.05, 3.63) is 0 Å². The van der Waals surface area contributed by atoms with E-state index >= 15 is 0 Å². The molecule has 0 radical (unpaired) electrons. The molecule has 0 aliphatic carbocycles. The number of rotatable bonds is 11. The van der Waals surface area contributed by atoms with Crippen LogP contribution >= 0.6 is 11.7 Å². The summed E-state index contributed by atoms with van der Waals surface area (Å²) in [6.45, 7) is 2.23. The van der Waals surface area contributed by atoms with Gasteiger partial charge in [-0.3, -0.25) is 0 Å². The molecule has 0 aromatic heterocycles. The molecule has 0 fully saturated rings. The molecule has 0 aromatic rings. The second-order valence-electron chi connectivity index (χ2n) is 4.47. The van der Waals surface area contributed by atoms with Crippen LogP contribution in [0.1, 0.15) is 71.1 Å². The molecule has 0 atom stereocenters. The number of hydrogen-bond donors (Lipinski definition) is 1. The molecule has 0 amide bonds. The van der Waals surface area contributed by atoms with Crippen molar-refractivity contribution in [1.82, 2.24) is 0 Å². The third kappa shape index (κ3) is 20.4. The van der Waals surface area contributed by atoms with Crippen molar-refractivity contribution < 1.29 is 8.42 Å². The summed E-state index contributed by atoms with van der Waals surface area (Å²) < 4.78 is 21.5. The zero-order chi connectivity index (χ0) is 12.3. The standard InChI is InChI=1S/C12H26O2S2.K.H/c1-2-3-4-5-6-7-8-9-10-11-12-16(13,14)15;;/h2-12H2,1H3,(H,13,14,15);;. The summed E-state index contributed by atoms with van der Waals surface area (Å²) in [5, 5.41) is 0. The molecule has 0 N–H and O–H groups in total. The molecule has 0 unspecified atom stereocenters. The van der Waals surface area contributed by atoms with Crippen LogP contribution in [0.5, 0.6) is 0 Å². The summed E-state index contributed by atoms with van der Waals surface area (Å²) in [7, 11) is -3.04. The van der Waals surface area contributed by atoms with Crippen molar-refractivity contribution in [2.75, 3.05) is 5.75 Å². The van der Waals surface area contributed by atoms with Crippen LogP contribution in [0, 0.1) is 0 Å². The van der Waals surface area contributed by atoms with E-state index in [9.17, 15) is 8.42 Å². The van der Waals surface area contributed by atoms with Crippen LogP contribution in [-0.2, 0) is 8.87 Å². The minimum absolute atomic E-state index is 0. The number of thiol groups is 1. The third-order valence-corrected chi connectivity index (χ3v) is 4.11. The summed E-state index contributed by atoms with van der Waals surface area (Å²) in [5.41, 5.74) is 0. The normalized spacial score (nSPS) is 11.2. The Bertz CT molecular complexity index is 241. The first-order chi connectivity index (χ1) is 7.56. The second kappa shape index (κ2) is 14.3. The van der Waals surface area contributed by atoms with Crippen LogP contribution in [-0.4, -0.2) is 65.6 Å². The van der Waals surface area contributed by atoms with E-state index in [0.29, 0.717) is 0 Å². The van der Waals surface area contributed by atoms with E-state index in [1.54, 1.807) is 0 Å². The Kier molecular flexibility index (Phi) is 17.9. The maximum atomic E-state index is 10.7. The van der Waals surface area contributed by atoms with Gasteiger partial charge in [0.2, 0.25) is 0 Å². The van der Waals surface area contributed by atoms with Crippen molar-refractivity contribution in [2.45, 2.75) is 71.1 Å². The molecule has 0 spiro atoms. The molecule has 100 valence electrons. The first-order valence-corrected chi connectivity index (χ1v) is 9.22. The van der Waals surface area contributed by atoms with Crippen LogP contribution in [0.15, 0.2) is 0 Å². The molecule has 5 heteroatoms. The van der Waals surface area contributed by atoms with E-state index in [-0.39, 0.29) is 57.1 Å². The molecular formula is C12H27KO2S2. The zero-order valence-corrected chi connectivity index (χ0v) is 12.2. The van der Waals surface area contributed by atoms with Crippen LogP contribution < -0.4 is 0 Å². The van der Waals surface area contributed by atoms with E-state index in [1.165, 1.54) is 44.9 Å². The number of unbranched alkanes of at least 4 members (excludes halogenated alkanes) is 9. The van der Waals surface area contributed by atoms with Crippen molar-refractivity contribution in [3.63, 3.8) is 0 Å². The van der Waals surface area contributed by atoms with Crippen LogP contribution in [0.4, 0.5) is 0 Å². The van der Waals surface area contributed by atoms with Crippen molar-refractivity contribution >= 4 is 71.9 Å². The zero-order valence-electron chi connectivity index (χ0n) is 10.5. The van der Waals surface area contributed by atoms with Gasteiger partial charge in [-0.1, -0.05) is 64.7 Å². The molecule has 0 aliphatic heterocycles. The molecular weight excluding hydrogens is 279 g/mol. The summed E-state index contributed by atoms with van der Waals surface area (Å²) in [4.78, 5) is 0. The Labute approximate surface area is 155 Å². The van der Waals surface area contributed by atoms with Gasteiger partial charge in [0.15, 0.2) is 8.87 Å². The average Bonchev–Trinajstić information content (AvgIpc) is 2.19. The van der Waals surface area contributed by atoms with E-state index in [1.807, 2.05) is 0 Å². The van der Waals surface area contributed by atoms with E-state index in [0.717, 1.165) is 19.3 Å². The van der Waals surface area contributed by atoms with Gasteiger partial charge in [-0.15, -0.1) is 0 Å². The fraction of sp³-hybridized carbons (Fsp3) is 1.00. The molecule has 0 saturated heterocycles. The Morgan fingerprint density at radius 1 is 0.765 bits per heavy atom. The predicted molar refractivity (Wildman–Crippen MR) is 81.8 cm³/mol. The van der Waals surface area contributed by atoms with Crippen LogP contribution in [0.25, 0.3) is 0 Å².